The molecule has 1 aromatic heterocycles. The van der Waals surface area contributed by atoms with Gasteiger partial charge in [0, 0.05) is 18.3 Å². The van der Waals surface area contributed by atoms with Gasteiger partial charge in [-0.15, -0.1) is 0 Å². The summed E-state index contributed by atoms with van der Waals surface area (Å²) in [6, 6.07) is 6.20. The fraction of sp³-hybridized carbons (Fsp3) is 0.231. The van der Waals surface area contributed by atoms with Gasteiger partial charge in [-0.3, -0.25) is 0 Å². The van der Waals surface area contributed by atoms with Crippen molar-refractivity contribution in [3.63, 3.8) is 0 Å². The maximum Gasteiger partial charge on any atom is 0.240 e. The molecule has 2 aromatic rings. The number of benzene rings is 1. The molecule has 0 fully saturated rings. The Morgan fingerprint density at radius 2 is 2.14 bits per heavy atom. The fourth-order valence-corrected chi connectivity index (χ4v) is 2.81. The molecule has 0 aliphatic carbocycles. The molecule has 112 valence electrons. The van der Waals surface area contributed by atoms with Crippen LogP contribution in [0.2, 0.25) is 0 Å². The van der Waals surface area contributed by atoms with Gasteiger partial charge in [0.15, 0.2) is 0 Å². The Bertz CT molecular complexity index is 705. The van der Waals surface area contributed by atoms with Crippen molar-refractivity contribution in [3.05, 3.63) is 48.0 Å². The predicted octanol–water partition coefficient (Wildman–Crippen LogP) is 0.422. The number of aromatic nitrogens is 2. The Balaban J connectivity index is 2.19. The molecule has 0 aliphatic rings. The highest BCUT2D eigenvalue weighted by molar-refractivity contribution is 7.89. The van der Waals surface area contributed by atoms with Crippen LogP contribution in [0.4, 0.5) is 0 Å². The van der Waals surface area contributed by atoms with E-state index in [2.05, 4.69) is 14.7 Å². The Labute approximate surface area is 123 Å². The summed E-state index contributed by atoms with van der Waals surface area (Å²) in [6.45, 7) is 0.285. The van der Waals surface area contributed by atoms with Crippen molar-refractivity contribution in [2.75, 3.05) is 7.11 Å². The normalized spacial score (nSPS) is 11.3. The van der Waals surface area contributed by atoms with Gasteiger partial charge in [-0.05, 0) is 24.3 Å². The van der Waals surface area contributed by atoms with Crippen molar-refractivity contribution in [2.24, 2.45) is 5.73 Å². The van der Waals surface area contributed by atoms with Crippen molar-refractivity contribution >= 4 is 10.0 Å². The third-order valence-corrected chi connectivity index (χ3v) is 4.27. The van der Waals surface area contributed by atoms with Crippen LogP contribution in [0.15, 0.2) is 41.7 Å². The molecule has 2 rings (SSSR count). The number of ether oxygens (including phenoxy) is 1. The molecule has 0 amide bonds. The number of methoxy groups -OCH3 is 1. The Kier molecular flexibility index (Phi) is 4.84. The van der Waals surface area contributed by atoms with E-state index in [9.17, 15) is 8.42 Å². The van der Waals surface area contributed by atoms with Gasteiger partial charge in [-0.1, -0.05) is 0 Å². The molecular formula is C13H16N4O3S. The second-order valence-corrected chi connectivity index (χ2v) is 5.97. The molecule has 1 heterocycles. The monoisotopic (exact) mass is 308 g/mol. The molecule has 3 N–H and O–H groups in total. The SMILES string of the molecule is COc1ccc(S(=O)(=O)NCc2ccncn2)cc1CN. The molecule has 7 nitrogen and oxygen atoms in total. The largest absolute Gasteiger partial charge is 0.496 e. The molecule has 0 saturated heterocycles. The first-order chi connectivity index (χ1) is 10.1. The van der Waals surface area contributed by atoms with Crippen molar-refractivity contribution in [2.45, 2.75) is 18.0 Å². The van der Waals surface area contributed by atoms with Gasteiger partial charge >= 0.3 is 0 Å². The summed E-state index contributed by atoms with van der Waals surface area (Å²) in [5.74, 6) is 0.562. The van der Waals surface area contributed by atoms with Crippen LogP contribution >= 0.6 is 0 Å². The quantitative estimate of drug-likeness (QED) is 0.801. The molecule has 0 saturated carbocycles. The first-order valence-electron chi connectivity index (χ1n) is 6.18. The minimum absolute atomic E-state index is 0.0921. The summed E-state index contributed by atoms with van der Waals surface area (Å²) in [5.41, 5.74) is 6.80. The summed E-state index contributed by atoms with van der Waals surface area (Å²) in [7, 11) is -2.13. The van der Waals surface area contributed by atoms with Crippen LogP contribution in [-0.2, 0) is 23.1 Å². The molecule has 1 aromatic carbocycles. The van der Waals surface area contributed by atoms with Gasteiger partial charge in [-0.2, -0.15) is 0 Å². The highest BCUT2D eigenvalue weighted by Crippen LogP contribution is 2.21. The Hall–Kier alpha value is -2.03. The summed E-state index contributed by atoms with van der Waals surface area (Å²) in [4.78, 5) is 7.87. The standard InChI is InChI=1S/C13H16N4O3S/c1-20-13-3-2-12(6-10(13)7-14)21(18,19)17-8-11-4-5-15-9-16-11/h2-6,9,17H,7-8,14H2,1H3. The van der Waals surface area contributed by atoms with Crippen LogP contribution in [0.5, 0.6) is 5.75 Å². The molecule has 0 spiro atoms. The zero-order chi connectivity index (χ0) is 15.3. The molecule has 0 atom stereocenters. The zero-order valence-electron chi connectivity index (χ0n) is 11.5. The average Bonchev–Trinajstić information content (AvgIpc) is 2.53. The highest BCUT2D eigenvalue weighted by atomic mass is 32.2. The van der Waals surface area contributed by atoms with Crippen LogP contribution < -0.4 is 15.2 Å². The maximum atomic E-state index is 12.2. The highest BCUT2D eigenvalue weighted by Gasteiger charge is 2.16. The fourth-order valence-electron chi connectivity index (χ4n) is 1.76. The number of sulfonamides is 1. The second-order valence-electron chi connectivity index (χ2n) is 4.20. The molecule has 21 heavy (non-hydrogen) atoms. The van der Waals surface area contributed by atoms with Crippen molar-refractivity contribution in [1.82, 2.24) is 14.7 Å². The lowest BCUT2D eigenvalue weighted by atomic mass is 10.2. The van der Waals surface area contributed by atoms with Crippen LogP contribution in [0.1, 0.15) is 11.3 Å². The first kappa shape index (κ1) is 15.4. The van der Waals surface area contributed by atoms with Gasteiger partial charge < -0.3 is 10.5 Å². The van der Waals surface area contributed by atoms with E-state index in [4.69, 9.17) is 10.5 Å². The summed E-state index contributed by atoms with van der Waals surface area (Å²) in [5, 5.41) is 0. The van der Waals surface area contributed by atoms with Crippen LogP contribution in [0.25, 0.3) is 0 Å². The van der Waals surface area contributed by atoms with Gasteiger partial charge in [-0.25, -0.2) is 23.1 Å². The molecular weight excluding hydrogens is 292 g/mol. The van der Waals surface area contributed by atoms with E-state index in [0.29, 0.717) is 17.0 Å². The number of rotatable bonds is 6. The molecule has 8 heteroatoms. The number of hydrogen-bond acceptors (Lipinski definition) is 6. The van der Waals surface area contributed by atoms with E-state index in [1.165, 1.54) is 25.6 Å². The van der Waals surface area contributed by atoms with E-state index in [1.807, 2.05) is 0 Å². The molecule has 0 radical (unpaired) electrons. The third kappa shape index (κ3) is 3.75. The molecule has 0 bridgehead atoms. The topological polar surface area (TPSA) is 107 Å². The van der Waals surface area contributed by atoms with Gasteiger partial charge in [0.2, 0.25) is 10.0 Å². The number of nitrogens with zero attached hydrogens (tertiary/aromatic N) is 2. The Morgan fingerprint density at radius 3 is 2.76 bits per heavy atom. The summed E-state index contributed by atoms with van der Waals surface area (Å²) >= 11 is 0. The van der Waals surface area contributed by atoms with Crippen molar-refractivity contribution in [3.8, 4) is 5.75 Å². The van der Waals surface area contributed by atoms with Crippen LogP contribution in [0.3, 0.4) is 0 Å². The molecule has 0 unspecified atom stereocenters. The molecule has 0 aliphatic heterocycles. The summed E-state index contributed by atoms with van der Waals surface area (Å²) < 4.78 is 32.1. The van der Waals surface area contributed by atoms with E-state index < -0.39 is 10.0 Å². The van der Waals surface area contributed by atoms with Gasteiger partial charge in [0.05, 0.1) is 24.2 Å². The second kappa shape index (κ2) is 6.61. The minimum atomic E-state index is -3.64. The van der Waals surface area contributed by atoms with E-state index >= 15 is 0 Å². The zero-order valence-corrected chi connectivity index (χ0v) is 12.3. The van der Waals surface area contributed by atoms with E-state index in [-0.39, 0.29) is 18.0 Å². The summed E-state index contributed by atoms with van der Waals surface area (Å²) in [6.07, 6.45) is 2.92. The van der Waals surface area contributed by atoms with Gasteiger partial charge in [0.1, 0.15) is 12.1 Å². The average molecular weight is 308 g/mol. The smallest absolute Gasteiger partial charge is 0.240 e. The lowest BCUT2D eigenvalue weighted by Crippen LogP contribution is -2.24. The first-order valence-corrected chi connectivity index (χ1v) is 7.66. The number of nitrogens with two attached hydrogens (primary N) is 1. The maximum absolute atomic E-state index is 12.2. The predicted molar refractivity (Wildman–Crippen MR) is 76.9 cm³/mol. The minimum Gasteiger partial charge on any atom is -0.496 e. The number of hydrogen-bond donors (Lipinski definition) is 2. The van der Waals surface area contributed by atoms with Gasteiger partial charge in [0.25, 0.3) is 0 Å². The lowest BCUT2D eigenvalue weighted by molar-refractivity contribution is 0.409. The lowest BCUT2D eigenvalue weighted by Gasteiger charge is -2.10. The van der Waals surface area contributed by atoms with Crippen molar-refractivity contribution in [1.29, 1.82) is 0 Å². The van der Waals surface area contributed by atoms with Crippen LogP contribution in [0, 0.1) is 0 Å². The van der Waals surface area contributed by atoms with Crippen molar-refractivity contribution < 1.29 is 13.2 Å². The third-order valence-electron chi connectivity index (χ3n) is 2.87. The van der Waals surface area contributed by atoms with Crippen LogP contribution in [-0.4, -0.2) is 25.5 Å². The van der Waals surface area contributed by atoms with E-state index in [1.54, 1.807) is 18.3 Å². The number of nitrogens with one attached hydrogen (secondary N) is 1. The Morgan fingerprint density at radius 1 is 1.33 bits per heavy atom. The van der Waals surface area contributed by atoms with E-state index in [0.717, 1.165) is 0 Å².